The van der Waals surface area contributed by atoms with Gasteiger partial charge in [0.15, 0.2) is 11.0 Å². The Bertz CT molecular complexity index is 1220. The zero-order valence-electron chi connectivity index (χ0n) is 20.6. The number of hydrogen-bond donors (Lipinski definition) is 0. The molecule has 0 unspecified atom stereocenters. The van der Waals surface area contributed by atoms with Gasteiger partial charge in [-0.05, 0) is 49.1 Å². The van der Waals surface area contributed by atoms with Crippen molar-refractivity contribution in [3.05, 3.63) is 65.8 Å². The maximum atomic E-state index is 5.99. The Morgan fingerprint density at radius 1 is 1.00 bits per heavy atom. The lowest BCUT2D eigenvalue weighted by atomic mass is 10.2. The number of aryl methyl sites for hydroxylation is 1. The second-order valence-electron chi connectivity index (χ2n) is 8.42. The third-order valence-corrected chi connectivity index (χ3v) is 6.21. The van der Waals surface area contributed by atoms with E-state index in [1.165, 1.54) is 17.3 Å². The van der Waals surface area contributed by atoms with Crippen molar-refractivity contribution in [1.82, 2.24) is 24.9 Å². The Balaban J connectivity index is 1.44. The summed E-state index contributed by atoms with van der Waals surface area (Å²) in [4.78, 5) is 4.57. The molecule has 0 atom stereocenters. The number of hydrogen-bond acceptors (Lipinski definition) is 8. The van der Waals surface area contributed by atoms with Gasteiger partial charge in [-0.25, -0.2) is 0 Å². The molecule has 2 aromatic carbocycles. The average molecular weight is 494 g/mol. The van der Waals surface area contributed by atoms with E-state index in [-0.39, 0.29) is 0 Å². The highest BCUT2D eigenvalue weighted by molar-refractivity contribution is 7.98. The van der Waals surface area contributed by atoms with Gasteiger partial charge in [-0.15, -0.1) is 10.2 Å². The SMILES string of the molecule is CCOc1ccccc1-c1noc(CSc2nnc(COc3ccc(CC)cc3)n2CC(C)C)n1. The number of benzene rings is 2. The van der Waals surface area contributed by atoms with Crippen molar-refractivity contribution >= 4 is 11.8 Å². The van der Waals surface area contributed by atoms with Crippen LogP contribution in [-0.4, -0.2) is 31.5 Å². The van der Waals surface area contributed by atoms with Crippen LogP contribution >= 0.6 is 11.8 Å². The standard InChI is InChI=1S/C26H31N5O3S/c1-5-19-11-13-20(14-12-19)33-16-23-28-29-26(31(23)15-18(3)4)35-17-24-27-25(30-34-24)21-9-7-8-10-22(21)32-6-2/h7-14,18H,5-6,15-17H2,1-4H3. The second-order valence-corrected chi connectivity index (χ2v) is 9.36. The first-order valence-corrected chi connectivity index (χ1v) is 12.9. The highest BCUT2D eigenvalue weighted by Gasteiger charge is 2.18. The molecule has 4 rings (SSSR count). The number of rotatable bonds is 12. The van der Waals surface area contributed by atoms with Gasteiger partial charge in [-0.1, -0.05) is 62.0 Å². The topological polar surface area (TPSA) is 88.1 Å². The lowest BCUT2D eigenvalue weighted by molar-refractivity contribution is 0.284. The molecule has 35 heavy (non-hydrogen) atoms. The van der Waals surface area contributed by atoms with E-state index in [9.17, 15) is 0 Å². The lowest BCUT2D eigenvalue weighted by Gasteiger charge is -2.13. The van der Waals surface area contributed by atoms with Crippen LogP contribution < -0.4 is 9.47 Å². The zero-order chi connectivity index (χ0) is 24.6. The van der Waals surface area contributed by atoms with E-state index in [1.807, 2.05) is 43.3 Å². The van der Waals surface area contributed by atoms with Crippen LogP contribution in [0.4, 0.5) is 0 Å². The smallest absolute Gasteiger partial charge is 0.237 e. The van der Waals surface area contributed by atoms with Gasteiger partial charge in [0.2, 0.25) is 11.7 Å². The minimum atomic E-state index is 0.352. The highest BCUT2D eigenvalue weighted by Crippen LogP contribution is 2.29. The molecule has 0 fully saturated rings. The highest BCUT2D eigenvalue weighted by atomic mass is 32.2. The number of para-hydroxylation sites is 1. The minimum Gasteiger partial charge on any atom is -0.493 e. The third kappa shape index (κ3) is 6.42. The summed E-state index contributed by atoms with van der Waals surface area (Å²) in [6.45, 7) is 10.1. The van der Waals surface area contributed by atoms with Crippen LogP contribution in [0, 0.1) is 5.92 Å². The third-order valence-electron chi connectivity index (χ3n) is 5.26. The molecule has 4 aromatic rings. The van der Waals surface area contributed by atoms with Crippen LogP contribution in [-0.2, 0) is 25.3 Å². The Hall–Kier alpha value is -3.33. The summed E-state index contributed by atoms with van der Waals surface area (Å²) >= 11 is 1.52. The molecular formula is C26H31N5O3S. The predicted octanol–water partition coefficient (Wildman–Crippen LogP) is 5.82. The van der Waals surface area contributed by atoms with Gasteiger partial charge >= 0.3 is 0 Å². The fourth-order valence-corrected chi connectivity index (χ4v) is 4.34. The lowest BCUT2D eigenvalue weighted by Crippen LogP contribution is -2.12. The van der Waals surface area contributed by atoms with Crippen LogP contribution in [0.1, 0.15) is 45.0 Å². The fraction of sp³-hybridized carbons (Fsp3) is 0.385. The van der Waals surface area contributed by atoms with Gasteiger partial charge in [-0.3, -0.25) is 0 Å². The number of aromatic nitrogens is 5. The summed E-state index contributed by atoms with van der Waals surface area (Å²) in [6, 6.07) is 15.8. The van der Waals surface area contributed by atoms with Crippen LogP contribution in [0.3, 0.4) is 0 Å². The Labute approximate surface area is 210 Å². The van der Waals surface area contributed by atoms with Crippen LogP contribution in [0.15, 0.2) is 58.2 Å². The minimum absolute atomic E-state index is 0.352. The summed E-state index contributed by atoms with van der Waals surface area (Å²) < 4.78 is 19.3. The summed E-state index contributed by atoms with van der Waals surface area (Å²) in [5.41, 5.74) is 2.09. The summed E-state index contributed by atoms with van der Waals surface area (Å²) in [5.74, 6) is 4.29. The first kappa shape index (κ1) is 24.8. The fourth-order valence-electron chi connectivity index (χ4n) is 3.53. The quantitative estimate of drug-likeness (QED) is 0.228. The van der Waals surface area contributed by atoms with Gasteiger partial charge in [-0.2, -0.15) is 4.98 Å². The molecule has 2 heterocycles. The van der Waals surface area contributed by atoms with E-state index in [2.05, 4.69) is 57.8 Å². The maximum absolute atomic E-state index is 5.99. The van der Waals surface area contributed by atoms with Crippen LogP contribution in [0.5, 0.6) is 11.5 Å². The molecule has 0 saturated heterocycles. The molecule has 0 spiro atoms. The molecule has 9 heteroatoms. The molecule has 0 aliphatic carbocycles. The molecule has 0 radical (unpaired) electrons. The number of nitrogens with zero attached hydrogens (tertiary/aromatic N) is 5. The first-order chi connectivity index (χ1) is 17.1. The summed E-state index contributed by atoms with van der Waals surface area (Å²) in [5, 5.41) is 13.8. The molecule has 0 aliphatic rings. The van der Waals surface area contributed by atoms with Crippen molar-refractivity contribution in [2.45, 2.75) is 58.2 Å². The molecule has 0 N–H and O–H groups in total. The second kappa shape index (κ2) is 11.9. The molecule has 184 valence electrons. The normalized spacial score (nSPS) is 11.2. The maximum Gasteiger partial charge on any atom is 0.237 e. The van der Waals surface area contributed by atoms with E-state index in [1.54, 1.807) is 0 Å². The van der Waals surface area contributed by atoms with E-state index >= 15 is 0 Å². The van der Waals surface area contributed by atoms with E-state index in [4.69, 9.17) is 14.0 Å². The van der Waals surface area contributed by atoms with Gasteiger partial charge in [0, 0.05) is 6.54 Å². The van der Waals surface area contributed by atoms with E-state index in [0.29, 0.717) is 36.6 Å². The van der Waals surface area contributed by atoms with Crippen molar-refractivity contribution < 1.29 is 14.0 Å². The Kier molecular flexibility index (Phi) is 8.41. The molecule has 8 nitrogen and oxygen atoms in total. The first-order valence-electron chi connectivity index (χ1n) is 11.9. The zero-order valence-corrected chi connectivity index (χ0v) is 21.4. The van der Waals surface area contributed by atoms with Crippen molar-refractivity contribution in [1.29, 1.82) is 0 Å². The van der Waals surface area contributed by atoms with Crippen molar-refractivity contribution in [2.75, 3.05) is 6.61 Å². The van der Waals surface area contributed by atoms with Gasteiger partial charge < -0.3 is 18.6 Å². The number of thioether (sulfide) groups is 1. The Morgan fingerprint density at radius 3 is 2.54 bits per heavy atom. The van der Waals surface area contributed by atoms with Crippen molar-refractivity contribution in [2.24, 2.45) is 5.92 Å². The van der Waals surface area contributed by atoms with Gasteiger partial charge in [0.05, 0.1) is 17.9 Å². The number of ether oxygens (including phenoxy) is 2. The predicted molar refractivity (Wildman–Crippen MR) is 135 cm³/mol. The molecular weight excluding hydrogens is 462 g/mol. The van der Waals surface area contributed by atoms with Crippen LogP contribution in [0.25, 0.3) is 11.4 Å². The van der Waals surface area contributed by atoms with Crippen LogP contribution in [0.2, 0.25) is 0 Å². The monoisotopic (exact) mass is 493 g/mol. The Morgan fingerprint density at radius 2 is 1.80 bits per heavy atom. The molecule has 0 amide bonds. The molecule has 0 bridgehead atoms. The summed E-state index contributed by atoms with van der Waals surface area (Å²) in [7, 11) is 0. The van der Waals surface area contributed by atoms with E-state index in [0.717, 1.165) is 41.0 Å². The average Bonchev–Trinajstić information content (AvgIpc) is 3.49. The van der Waals surface area contributed by atoms with Gasteiger partial charge in [0.1, 0.15) is 18.1 Å². The summed E-state index contributed by atoms with van der Waals surface area (Å²) in [6.07, 6.45) is 1.00. The van der Waals surface area contributed by atoms with Crippen molar-refractivity contribution in [3.63, 3.8) is 0 Å². The molecule has 0 saturated carbocycles. The van der Waals surface area contributed by atoms with Crippen molar-refractivity contribution in [3.8, 4) is 22.9 Å². The largest absolute Gasteiger partial charge is 0.493 e. The molecule has 2 aromatic heterocycles. The molecule has 0 aliphatic heterocycles. The van der Waals surface area contributed by atoms with Gasteiger partial charge in [0.25, 0.3) is 0 Å². The van der Waals surface area contributed by atoms with E-state index < -0.39 is 0 Å².